The van der Waals surface area contributed by atoms with Crippen molar-refractivity contribution in [2.75, 3.05) is 0 Å². The molecule has 0 radical (unpaired) electrons. The van der Waals surface area contributed by atoms with Crippen molar-refractivity contribution in [3.05, 3.63) is 24.3 Å². The lowest BCUT2D eigenvalue weighted by Crippen LogP contribution is -2.37. The summed E-state index contributed by atoms with van der Waals surface area (Å²) in [6.45, 7) is 40.1. The number of ketones is 2. The Morgan fingerprint density at radius 2 is 1.05 bits per heavy atom. The number of nitrogens with one attached hydrogen (secondary N) is 2. The number of imide groups is 1. The first-order valence-corrected chi connectivity index (χ1v) is 20.9. The average molecular weight is 778 g/mol. The molecule has 0 aromatic heterocycles. The minimum Gasteiger partial charge on any atom is -0.354 e. The van der Waals surface area contributed by atoms with E-state index < -0.39 is 0 Å². The molecule has 9 heteroatoms. The molecule has 1 saturated heterocycles. The van der Waals surface area contributed by atoms with Gasteiger partial charge in [-0.25, -0.2) is 0 Å². The Kier molecular flexibility index (Phi) is 35.2. The van der Waals surface area contributed by atoms with Gasteiger partial charge in [-0.1, -0.05) is 109 Å². The molecule has 0 aromatic rings. The number of hydrogen-bond donors (Lipinski definition) is 2. The van der Waals surface area contributed by atoms with Gasteiger partial charge in [0.05, 0.1) is 0 Å². The van der Waals surface area contributed by atoms with Gasteiger partial charge in [0.25, 0.3) is 0 Å². The van der Waals surface area contributed by atoms with Gasteiger partial charge in [-0.3, -0.25) is 33.7 Å². The molecule has 1 fully saturated rings. The molecule has 55 heavy (non-hydrogen) atoms. The van der Waals surface area contributed by atoms with Crippen molar-refractivity contribution in [2.24, 2.45) is 47.3 Å². The third-order valence-corrected chi connectivity index (χ3v) is 7.83. The SMILES string of the molecule is CC(C)/C=C/C(=O)C(C)C.CC(C)C1CC(=O)N(C(C)C)C1=O.CC(C)C=CC(=O)NC(C)C.CC(C)CCC(=O)C(C)C.CC(C)CCC(=O)NC(C)C. The molecule has 1 aliphatic heterocycles. The fraction of sp³-hybridized carbons (Fsp3) is 0.783. The molecule has 0 spiro atoms. The number of carbonyl (C=O) groups excluding carboxylic acids is 6. The van der Waals surface area contributed by atoms with E-state index in [9.17, 15) is 28.8 Å². The molecular weight excluding hydrogens is 691 g/mol. The van der Waals surface area contributed by atoms with Gasteiger partial charge < -0.3 is 10.6 Å². The first-order chi connectivity index (χ1) is 25.1. The predicted octanol–water partition coefficient (Wildman–Crippen LogP) is 10.2. The van der Waals surface area contributed by atoms with Crippen LogP contribution in [-0.2, 0) is 28.8 Å². The predicted molar refractivity (Wildman–Crippen MR) is 232 cm³/mol. The topological polar surface area (TPSA) is 130 Å². The first kappa shape index (κ1) is 58.6. The van der Waals surface area contributed by atoms with E-state index in [1.165, 1.54) is 4.90 Å². The monoisotopic (exact) mass is 778 g/mol. The van der Waals surface area contributed by atoms with Gasteiger partial charge in [0.2, 0.25) is 23.6 Å². The van der Waals surface area contributed by atoms with Crippen molar-refractivity contribution in [1.29, 1.82) is 0 Å². The quantitative estimate of drug-likeness (QED) is 0.119. The van der Waals surface area contributed by atoms with Crippen molar-refractivity contribution in [2.45, 2.75) is 189 Å². The second-order valence-electron chi connectivity index (χ2n) is 17.9. The van der Waals surface area contributed by atoms with Crippen LogP contribution in [0, 0.1) is 47.3 Å². The fourth-order valence-electron chi connectivity index (χ4n) is 4.36. The third-order valence-electron chi connectivity index (χ3n) is 7.83. The van der Waals surface area contributed by atoms with Gasteiger partial charge in [-0.05, 0) is 96.1 Å². The summed E-state index contributed by atoms with van der Waals surface area (Å²) in [5.41, 5.74) is 0. The molecule has 9 nitrogen and oxygen atoms in total. The van der Waals surface area contributed by atoms with Crippen molar-refractivity contribution in [1.82, 2.24) is 15.5 Å². The lowest BCUT2D eigenvalue weighted by atomic mass is 9.94. The van der Waals surface area contributed by atoms with E-state index in [-0.39, 0.29) is 71.2 Å². The highest BCUT2D eigenvalue weighted by molar-refractivity contribution is 6.03. The van der Waals surface area contributed by atoms with Crippen LogP contribution in [0.15, 0.2) is 24.3 Å². The van der Waals surface area contributed by atoms with E-state index in [2.05, 4.69) is 52.2 Å². The molecule has 1 rings (SSSR count). The summed E-state index contributed by atoms with van der Waals surface area (Å²) < 4.78 is 0. The van der Waals surface area contributed by atoms with Crippen molar-refractivity contribution in [3.63, 3.8) is 0 Å². The number of allylic oxidation sites excluding steroid dienone is 3. The number of carbonyl (C=O) groups is 6. The Morgan fingerprint density at radius 3 is 1.36 bits per heavy atom. The Bertz CT molecular complexity index is 1140. The van der Waals surface area contributed by atoms with E-state index in [0.29, 0.717) is 42.3 Å². The summed E-state index contributed by atoms with van der Waals surface area (Å²) in [7, 11) is 0. The highest BCUT2D eigenvalue weighted by atomic mass is 16.2. The number of rotatable bonds is 16. The zero-order valence-electron chi connectivity index (χ0n) is 39.1. The first-order valence-electron chi connectivity index (χ1n) is 20.9. The highest BCUT2D eigenvalue weighted by Gasteiger charge is 2.41. The average Bonchev–Trinajstić information content (AvgIpc) is 3.34. The van der Waals surface area contributed by atoms with E-state index in [0.717, 1.165) is 19.3 Å². The number of likely N-dealkylation sites (tertiary alicyclic amines) is 1. The zero-order valence-corrected chi connectivity index (χ0v) is 39.1. The minimum absolute atomic E-state index is 0.00347. The maximum absolute atomic E-state index is 11.7. The molecule has 2 N–H and O–H groups in total. The van der Waals surface area contributed by atoms with Crippen LogP contribution in [0.25, 0.3) is 0 Å². The fourth-order valence-corrected chi connectivity index (χ4v) is 4.36. The summed E-state index contributed by atoms with van der Waals surface area (Å²) in [5.74, 6) is 3.49. The molecule has 1 heterocycles. The Labute approximate surface area is 339 Å². The van der Waals surface area contributed by atoms with Crippen molar-refractivity contribution < 1.29 is 28.8 Å². The van der Waals surface area contributed by atoms with Crippen LogP contribution in [0.4, 0.5) is 0 Å². The number of hydrogen-bond acceptors (Lipinski definition) is 6. The molecule has 0 bridgehead atoms. The maximum atomic E-state index is 11.7. The molecule has 4 amide bonds. The molecule has 0 aliphatic carbocycles. The Balaban J connectivity index is -0.000000297. The largest absolute Gasteiger partial charge is 0.354 e. The van der Waals surface area contributed by atoms with E-state index >= 15 is 0 Å². The van der Waals surface area contributed by atoms with Crippen LogP contribution in [0.5, 0.6) is 0 Å². The van der Waals surface area contributed by atoms with E-state index in [1.807, 2.05) is 109 Å². The van der Waals surface area contributed by atoms with Gasteiger partial charge in [0.1, 0.15) is 5.78 Å². The normalized spacial score (nSPS) is 14.2. The number of amides is 4. The van der Waals surface area contributed by atoms with Crippen LogP contribution in [-0.4, -0.2) is 58.2 Å². The molecule has 1 atom stereocenters. The van der Waals surface area contributed by atoms with E-state index in [1.54, 1.807) is 12.2 Å². The number of nitrogens with zero attached hydrogens (tertiary/aromatic N) is 1. The molecule has 1 aliphatic rings. The summed E-state index contributed by atoms with van der Waals surface area (Å²) in [6, 6.07) is 0.498. The van der Waals surface area contributed by atoms with Gasteiger partial charge in [-0.15, -0.1) is 0 Å². The lowest BCUT2D eigenvalue weighted by molar-refractivity contribution is -0.141. The highest BCUT2D eigenvalue weighted by Crippen LogP contribution is 2.27. The van der Waals surface area contributed by atoms with Crippen molar-refractivity contribution in [3.8, 4) is 0 Å². The maximum Gasteiger partial charge on any atom is 0.243 e. The molecule has 322 valence electrons. The molecular formula is C46H87N3O6. The van der Waals surface area contributed by atoms with Crippen LogP contribution in [0.1, 0.15) is 171 Å². The van der Waals surface area contributed by atoms with Gasteiger partial charge >= 0.3 is 0 Å². The van der Waals surface area contributed by atoms with Crippen LogP contribution >= 0.6 is 0 Å². The Morgan fingerprint density at radius 1 is 0.618 bits per heavy atom. The Hall–Kier alpha value is -3.10. The van der Waals surface area contributed by atoms with Crippen LogP contribution < -0.4 is 10.6 Å². The second-order valence-corrected chi connectivity index (χ2v) is 17.9. The minimum atomic E-state index is -0.0881. The van der Waals surface area contributed by atoms with Gasteiger partial charge in [-0.2, -0.15) is 0 Å². The second kappa shape index (κ2) is 33.1. The van der Waals surface area contributed by atoms with Crippen LogP contribution in [0.2, 0.25) is 0 Å². The van der Waals surface area contributed by atoms with Gasteiger partial charge in [0.15, 0.2) is 5.78 Å². The smallest absolute Gasteiger partial charge is 0.243 e. The third kappa shape index (κ3) is 37.6. The summed E-state index contributed by atoms with van der Waals surface area (Å²) >= 11 is 0. The zero-order chi connectivity index (χ0) is 44.2. The van der Waals surface area contributed by atoms with Crippen LogP contribution in [0.3, 0.4) is 0 Å². The molecule has 1 unspecified atom stereocenters. The summed E-state index contributed by atoms with van der Waals surface area (Å²) in [5, 5.41) is 5.63. The summed E-state index contributed by atoms with van der Waals surface area (Å²) in [4.78, 5) is 68.6. The molecule has 0 aromatic carbocycles. The van der Waals surface area contributed by atoms with Gasteiger partial charge in [0, 0.05) is 55.1 Å². The van der Waals surface area contributed by atoms with E-state index in [4.69, 9.17) is 0 Å². The summed E-state index contributed by atoms with van der Waals surface area (Å²) in [6.07, 6.45) is 10.9. The standard InChI is InChI=1S/C10H17NO2.C9H19NO.C9H17NO.C9H18O.C9H16O/c1-6(2)8-5-9(12)11(7(3)4)10(8)13;2*1-7(2)5-6-9(11)10-8(3)4;2*1-7(2)5-6-9(10)8(3)4/h6-8H,5H2,1-4H3;7-8H,5-6H2,1-4H3,(H,10,11);5-8H,1-4H3,(H,10,11);7-8H,5-6H2,1-4H3;5-8H,1-4H3/b;;;;6-5+. The molecule has 0 saturated carbocycles. The number of Topliss-reactive ketones (excluding diaryl/α,β-unsaturated/α-hetero) is 1. The lowest BCUT2D eigenvalue weighted by Gasteiger charge is -2.19. The van der Waals surface area contributed by atoms with Crippen molar-refractivity contribution >= 4 is 35.2 Å².